The van der Waals surface area contributed by atoms with E-state index in [4.69, 9.17) is 0 Å². The summed E-state index contributed by atoms with van der Waals surface area (Å²) in [6.07, 6.45) is 6.76. The van der Waals surface area contributed by atoms with E-state index in [2.05, 4.69) is 59.9 Å². The first-order chi connectivity index (χ1) is 10.4. The van der Waals surface area contributed by atoms with Gasteiger partial charge in [-0.15, -0.1) is 0 Å². The molecule has 2 fully saturated rings. The van der Waals surface area contributed by atoms with Gasteiger partial charge in [0.25, 0.3) is 0 Å². The van der Waals surface area contributed by atoms with E-state index in [1.165, 1.54) is 42.5 Å². The van der Waals surface area contributed by atoms with Crippen molar-refractivity contribution in [1.29, 1.82) is 0 Å². The summed E-state index contributed by atoms with van der Waals surface area (Å²) in [5.41, 5.74) is 4.16. The van der Waals surface area contributed by atoms with E-state index in [-0.39, 0.29) is 0 Å². The fraction of sp³-hybridized carbons (Fsp3) is 0.400. The first kappa shape index (κ1) is 12.9. The summed E-state index contributed by atoms with van der Waals surface area (Å²) in [5.74, 6) is 1.91. The Kier molecular flexibility index (Phi) is 3.42. The zero-order valence-electron chi connectivity index (χ0n) is 12.5. The molecular weight excluding hydrogens is 254 g/mol. The summed E-state index contributed by atoms with van der Waals surface area (Å²) in [5, 5.41) is 3.86. The van der Waals surface area contributed by atoms with Crippen LogP contribution < -0.4 is 5.32 Å². The number of hydrogen-bond acceptors (Lipinski definition) is 1. The highest BCUT2D eigenvalue weighted by Crippen LogP contribution is 2.45. The highest BCUT2D eigenvalue weighted by atomic mass is 14.9. The molecule has 108 valence electrons. The summed E-state index contributed by atoms with van der Waals surface area (Å²) in [4.78, 5) is 0. The van der Waals surface area contributed by atoms with Crippen LogP contribution in [0.1, 0.15) is 36.8 Å². The Labute approximate surface area is 127 Å². The van der Waals surface area contributed by atoms with E-state index in [1.807, 2.05) is 0 Å². The fourth-order valence-corrected chi connectivity index (χ4v) is 4.25. The largest absolute Gasteiger partial charge is 0.382 e. The molecular formula is C20H23N. The Bertz CT molecular complexity index is 604. The molecule has 4 rings (SSSR count). The number of rotatable bonds is 4. The van der Waals surface area contributed by atoms with Crippen LogP contribution in [0.5, 0.6) is 0 Å². The van der Waals surface area contributed by atoms with Crippen molar-refractivity contribution in [1.82, 2.24) is 0 Å². The lowest BCUT2D eigenvalue weighted by Gasteiger charge is -2.25. The molecule has 0 amide bonds. The second-order valence-electron chi connectivity index (χ2n) is 6.75. The van der Waals surface area contributed by atoms with Gasteiger partial charge in [-0.1, -0.05) is 55.0 Å². The monoisotopic (exact) mass is 277 g/mol. The van der Waals surface area contributed by atoms with Gasteiger partial charge < -0.3 is 5.32 Å². The summed E-state index contributed by atoms with van der Waals surface area (Å²) < 4.78 is 0. The lowest BCUT2D eigenvalue weighted by atomic mass is 9.94. The van der Waals surface area contributed by atoms with Crippen molar-refractivity contribution >= 4 is 5.69 Å². The normalized spacial score (nSPS) is 27.0. The lowest BCUT2D eigenvalue weighted by Crippen LogP contribution is -2.26. The molecule has 0 saturated heterocycles. The van der Waals surface area contributed by atoms with Gasteiger partial charge in [-0.25, -0.2) is 0 Å². The van der Waals surface area contributed by atoms with Crippen molar-refractivity contribution in [3.05, 3.63) is 65.7 Å². The van der Waals surface area contributed by atoms with Crippen LogP contribution in [-0.4, -0.2) is 6.04 Å². The van der Waals surface area contributed by atoms with Crippen molar-refractivity contribution in [3.63, 3.8) is 0 Å². The first-order valence-corrected chi connectivity index (χ1v) is 8.27. The smallest absolute Gasteiger partial charge is 0.0378 e. The standard InChI is InChI=1S/C20H23N/c1-2-6-15(7-3-1)12-17-8-4-5-9-19(17)21-20-14-16-10-11-18(20)13-16/h1-9,16,18,20-21H,10-14H2. The van der Waals surface area contributed by atoms with Gasteiger partial charge >= 0.3 is 0 Å². The van der Waals surface area contributed by atoms with Gasteiger partial charge in [-0.3, -0.25) is 0 Å². The molecule has 1 nitrogen and oxygen atoms in total. The first-order valence-electron chi connectivity index (χ1n) is 8.27. The quantitative estimate of drug-likeness (QED) is 0.840. The van der Waals surface area contributed by atoms with Crippen LogP contribution in [0, 0.1) is 11.8 Å². The summed E-state index contributed by atoms with van der Waals surface area (Å²) >= 11 is 0. The van der Waals surface area contributed by atoms with Crippen LogP contribution in [-0.2, 0) is 6.42 Å². The molecule has 2 aromatic carbocycles. The maximum atomic E-state index is 3.86. The molecule has 1 N–H and O–H groups in total. The van der Waals surface area contributed by atoms with Gasteiger partial charge in [0, 0.05) is 11.7 Å². The third kappa shape index (κ3) is 2.70. The van der Waals surface area contributed by atoms with Gasteiger partial charge in [0.05, 0.1) is 0 Å². The lowest BCUT2D eigenvalue weighted by molar-refractivity contribution is 0.439. The molecule has 2 aliphatic rings. The molecule has 0 spiro atoms. The molecule has 3 unspecified atom stereocenters. The SMILES string of the molecule is c1ccc(Cc2ccccc2NC2CC3CCC2C3)cc1. The molecule has 2 aromatic rings. The van der Waals surface area contributed by atoms with Gasteiger partial charge in [0.1, 0.15) is 0 Å². The van der Waals surface area contributed by atoms with Crippen molar-refractivity contribution in [2.24, 2.45) is 11.8 Å². The molecule has 3 atom stereocenters. The second-order valence-corrected chi connectivity index (χ2v) is 6.75. The Morgan fingerprint density at radius 1 is 0.857 bits per heavy atom. The van der Waals surface area contributed by atoms with Crippen LogP contribution in [0.4, 0.5) is 5.69 Å². The maximum Gasteiger partial charge on any atom is 0.0378 e. The number of nitrogens with one attached hydrogen (secondary N) is 1. The van der Waals surface area contributed by atoms with Crippen molar-refractivity contribution < 1.29 is 0 Å². The third-order valence-corrected chi connectivity index (χ3v) is 5.33. The van der Waals surface area contributed by atoms with Gasteiger partial charge in [0.15, 0.2) is 0 Å². The minimum absolute atomic E-state index is 0.709. The fourth-order valence-electron chi connectivity index (χ4n) is 4.25. The number of para-hydroxylation sites is 1. The molecule has 1 heteroatoms. The Hall–Kier alpha value is -1.76. The summed E-state index contributed by atoms with van der Waals surface area (Å²) in [6, 6.07) is 20.3. The second kappa shape index (κ2) is 5.55. The predicted molar refractivity (Wildman–Crippen MR) is 88.5 cm³/mol. The Morgan fingerprint density at radius 3 is 2.43 bits per heavy atom. The average Bonchev–Trinajstić information content (AvgIpc) is 3.13. The highest BCUT2D eigenvalue weighted by molar-refractivity contribution is 5.53. The van der Waals surface area contributed by atoms with E-state index in [9.17, 15) is 0 Å². The van der Waals surface area contributed by atoms with Crippen molar-refractivity contribution in [2.45, 2.75) is 38.1 Å². The van der Waals surface area contributed by atoms with E-state index in [1.54, 1.807) is 0 Å². The Morgan fingerprint density at radius 2 is 1.67 bits per heavy atom. The molecule has 2 bridgehead atoms. The zero-order valence-corrected chi connectivity index (χ0v) is 12.5. The van der Waals surface area contributed by atoms with Gasteiger partial charge in [0.2, 0.25) is 0 Å². The number of anilines is 1. The minimum atomic E-state index is 0.709. The van der Waals surface area contributed by atoms with Gasteiger partial charge in [-0.2, -0.15) is 0 Å². The molecule has 2 saturated carbocycles. The molecule has 21 heavy (non-hydrogen) atoms. The van der Waals surface area contributed by atoms with Crippen LogP contribution >= 0.6 is 0 Å². The van der Waals surface area contributed by atoms with E-state index < -0.39 is 0 Å². The highest BCUT2D eigenvalue weighted by Gasteiger charge is 2.39. The number of fused-ring (bicyclic) bond motifs is 2. The summed E-state index contributed by atoms with van der Waals surface area (Å²) in [7, 11) is 0. The van der Waals surface area contributed by atoms with Gasteiger partial charge in [-0.05, 0) is 54.7 Å². The third-order valence-electron chi connectivity index (χ3n) is 5.33. The van der Waals surface area contributed by atoms with Crippen LogP contribution in [0.15, 0.2) is 54.6 Å². The van der Waals surface area contributed by atoms with Crippen molar-refractivity contribution in [2.75, 3.05) is 5.32 Å². The average molecular weight is 277 g/mol. The zero-order chi connectivity index (χ0) is 14.1. The van der Waals surface area contributed by atoms with Crippen molar-refractivity contribution in [3.8, 4) is 0 Å². The van der Waals surface area contributed by atoms with E-state index >= 15 is 0 Å². The minimum Gasteiger partial charge on any atom is -0.382 e. The predicted octanol–water partition coefficient (Wildman–Crippen LogP) is 4.88. The topological polar surface area (TPSA) is 12.0 Å². The summed E-state index contributed by atoms with van der Waals surface area (Å²) in [6.45, 7) is 0. The van der Waals surface area contributed by atoms with Crippen LogP contribution in [0.25, 0.3) is 0 Å². The Balaban J connectivity index is 1.52. The number of hydrogen-bond donors (Lipinski definition) is 1. The molecule has 2 aliphatic carbocycles. The molecule has 0 aliphatic heterocycles. The molecule has 0 radical (unpaired) electrons. The van der Waals surface area contributed by atoms with Crippen LogP contribution in [0.3, 0.4) is 0 Å². The van der Waals surface area contributed by atoms with E-state index in [0.29, 0.717) is 6.04 Å². The maximum absolute atomic E-state index is 3.86. The van der Waals surface area contributed by atoms with E-state index in [0.717, 1.165) is 18.3 Å². The molecule has 0 aromatic heterocycles. The number of benzene rings is 2. The molecule has 0 heterocycles. The van der Waals surface area contributed by atoms with Crippen LogP contribution in [0.2, 0.25) is 0 Å².